The molecule has 0 saturated heterocycles. The number of esters is 1. The Morgan fingerprint density at radius 3 is 1.63 bits per heavy atom. The van der Waals surface area contributed by atoms with Gasteiger partial charge in [-0.05, 0) is 102 Å². The van der Waals surface area contributed by atoms with Crippen LogP contribution in [0.5, 0.6) is 23.0 Å². The van der Waals surface area contributed by atoms with Crippen molar-refractivity contribution in [2.45, 2.75) is 5.60 Å². The molecule has 1 spiro atoms. The van der Waals surface area contributed by atoms with E-state index in [1.807, 2.05) is 90.4 Å². The van der Waals surface area contributed by atoms with E-state index >= 15 is 0 Å². The second-order valence-electron chi connectivity index (χ2n) is 6.94. The minimum Gasteiger partial charge on any atom is -0.871 e. The molecule has 170 valence electrons. The summed E-state index contributed by atoms with van der Waals surface area (Å²) in [5.74, 6) is -0.989. The molecular formula is C20H2Cl4I4Na2O5. The second kappa shape index (κ2) is 11.5. The zero-order chi connectivity index (χ0) is 24.1. The molecule has 5 nitrogen and oxygen atoms in total. The molecule has 0 fully saturated rings. The van der Waals surface area contributed by atoms with E-state index in [4.69, 9.17) is 55.9 Å². The molecule has 0 unspecified atom stereocenters. The van der Waals surface area contributed by atoms with Crippen LogP contribution >= 0.6 is 137 Å². The van der Waals surface area contributed by atoms with E-state index in [-0.39, 0.29) is 120 Å². The summed E-state index contributed by atoms with van der Waals surface area (Å²) in [4.78, 5) is 13.2. The van der Waals surface area contributed by atoms with E-state index in [0.717, 1.165) is 0 Å². The maximum Gasteiger partial charge on any atom is 1.00 e. The van der Waals surface area contributed by atoms with Crippen LogP contribution < -0.4 is 74.1 Å². The van der Waals surface area contributed by atoms with Gasteiger partial charge in [0, 0.05) is 31.0 Å². The molecule has 0 aromatic heterocycles. The number of hydrogen-bond acceptors (Lipinski definition) is 5. The smallest absolute Gasteiger partial charge is 0.871 e. The molecule has 15 heteroatoms. The fourth-order valence-corrected chi connectivity index (χ4v) is 8.55. The molecule has 0 atom stereocenters. The van der Waals surface area contributed by atoms with Gasteiger partial charge >= 0.3 is 65.1 Å². The molecule has 0 amide bonds. The zero-order valence-corrected chi connectivity index (χ0v) is 32.9. The van der Waals surface area contributed by atoms with Gasteiger partial charge in [-0.2, -0.15) is 0 Å². The van der Waals surface area contributed by atoms with Gasteiger partial charge in [0.25, 0.3) is 0 Å². The Labute approximate surface area is 317 Å². The van der Waals surface area contributed by atoms with Crippen molar-refractivity contribution in [3.05, 3.63) is 68.8 Å². The van der Waals surface area contributed by atoms with E-state index in [0.29, 0.717) is 18.3 Å². The van der Waals surface area contributed by atoms with E-state index in [1.165, 1.54) is 0 Å². The second-order valence-corrected chi connectivity index (χ2v) is 12.9. The van der Waals surface area contributed by atoms with Crippen molar-refractivity contribution in [1.82, 2.24) is 0 Å². The molecule has 0 N–H and O–H groups in total. The quantitative estimate of drug-likeness (QED) is 0.112. The standard InChI is InChI=1S/C20H4Cl4I4O5.2Na/c21-9-7-8(10(22)12(24)11(9)23)20(33-19(7)31)3-1-5(25)15(29)13(27)17(3)32-18-4(20)2-6(26)16(30)14(18)28;;/h1-2,29-30H;;/q;2*+1/p-2/i25+4,26+4,27+4,28+4;;. The predicted molar refractivity (Wildman–Crippen MR) is 154 cm³/mol. The number of ether oxygens (including phenoxy) is 2. The van der Waals surface area contributed by atoms with Crippen molar-refractivity contribution in [2.24, 2.45) is 0 Å². The van der Waals surface area contributed by atoms with Crippen molar-refractivity contribution in [3.8, 4) is 23.0 Å². The van der Waals surface area contributed by atoms with Gasteiger partial charge in [0.15, 0.2) is 5.60 Å². The Kier molecular flexibility index (Phi) is 10.5. The van der Waals surface area contributed by atoms with Gasteiger partial charge in [-0.25, -0.2) is 4.79 Å². The summed E-state index contributed by atoms with van der Waals surface area (Å²) in [6.07, 6.45) is 0. The van der Waals surface area contributed by atoms with Crippen molar-refractivity contribution < 1.29 is 83.6 Å². The number of hydrogen-bond donors (Lipinski definition) is 0. The maximum absolute atomic E-state index is 13.2. The van der Waals surface area contributed by atoms with Gasteiger partial charge < -0.3 is 19.7 Å². The van der Waals surface area contributed by atoms with Gasteiger partial charge in [-0.3, -0.25) is 0 Å². The maximum atomic E-state index is 13.2. The molecule has 2 aliphatic heterocycles. The van der Waals surface area contributed by atoms with E-state index in [9.17, 15) is 15.0 Å². The molecule has 0 bridgehead atoms. The Hall–Kier alpha value is 2.61. The molecule has 2 heterocycles. The monoisotopic (exact) mass is 1030 g/mol. The summed E-state index contributed by atoms with van der Waals surface area (Å²) in [5, 5.41) is 25.2. The van der Waals surface area contributed by atoms with Crippen molar-refractivity contribution in [3.63, 3.8) is 0 Å². The fraction of sp³-hybridized carbons (Fsp3) is 0.0500. The molecule has 0 aliphatic carbocycles. The average Bonchev–Trinajstić information content (AvgIpc) is 3.08. The van der Waals surface area contributed by atoms with Crippen LogP contribution in [0.4, 0.5) is 0 Å². The first-order valence-corrected chi connectivity index (χ1v) is 14.4. The minimum absolute atomic E-state index is 0. The number of rotatable bonds is 0. The predicted octanol–water partition coefficient (Wildman–Crippen LogP) is 1.44. The largest absolute Gasteiger partial charge is 1.00 e. The van der Waals surface area contributed by atoms with E-state index < -0.39 is 11.6 Å². The van der Waals surface area contributed by atoms with Gasteiger partial charge in [0.2, 0.25) is 0 Å². The molecular weight excluding hydrogens is 1030 g/mol. The summed E-state index contributed by atoms with van der Waals surface area (Å²) in [6.45, 7) is 0. The number of halogens is 8. The number of carbonyl (C=O) groups excluding carboxylic acids is 1. The van der Waals surface area contributed by atoms with Crippen LogP contribution in [0.15, 0.2) is 12.1 Å². The van der Waals surface area contributed by atoms with Gasteiger partial charge in [0.1, 0.15) is 11.5 Å². The Morgan fingerprint density at radius 1 is 0.743 bits per heavy atom. The molecule has 3 aromatic rings. The summed E-state index contributed by atoms with van der Waals surface area (Å²) >= 11 is 33.3. The first-order chi connectivity index (χ1) is 15.4. The van der Waals surface area contributed by atoms with E-state index in [2.05, 4.69) is 0 Å². The molecule has 2 aliphatic rings. The minimum atomic E-state index is -1.68. The number of carbonyl (C=O) groups is 1. The van der Waals surface area contributed by atoms with Gasteiger partial charge in [0.05, 0.1) is 25.7 Å². The van der Waals surface area contributed by atoms with Crippen molar-refractivity contribution in [1.29, 1.82) is 0 Å². The Morgan fingerprint density at radius 2 is 1.17 bits per heavy atom. The molecule has 0 radical (unpaired) electrons. The fourth-order valence-electron chi connectivity index (χ4n) is 3.91. The first-order valence-electron chi connectivity index (χ1n) is 8.60. The summed E-state index contributed by atoms with van der Waals surface area (Å²) in [7, 11) is 0. The Balaban J connectivity index is 0.00000171. The van der Waals surface area contributed by atoms with Crippen LogP contribution in [-0.4, -0.2) is 5.97 Å². The molecule has 35 heavy (non-hydrogen) atoms. The van der Waals surface area contributed by atoms with Crippen LogP contribution in [0.1, 0.15) is 27.0 Å². The molecule has 3 aromatic carbocycles. The molecule has 0 saturated carbocycles. The topological polar surface area (TPSA) is 81.7 Å². The van der Waals surface area contributed by atoms with Crippen molar-refractivity contribution in [2.75, 3.05) is 0 Å². The van der Waals surface area contributed by atoms with E-state index in [1.54, 1.807) is 12.1 Å². The zero-order valence-electron chi connectivity index (χ0n) is 17.2. The van der Waals surface area contributed by atoms with Gasteiger partial charge in [-0.1, -0.05) is 57.9 Å². The van der Waals surface area contributed by atoms with Crippen molar-refractivity contribution >= 4 is 143 Å². The van der Waals surface area contributed by atoms with Crippen LogP contribution in [-0.2, 0) is 10.3 Å². The normalized spacial score (nSPS) is 14.2. The summed E-state index contributed by atoms with van der Waals surface area (Å²) in [6, 6.07) is 3.15. The van der Waals surface area contributed by atoms with Crippen LogP contribution in [0, 0.1) is 14.3 Å². The SMILES string of the molecule is O=C1OC2(c3cc([131I])c([O-])c([131I])c3Oc3c2cc([131I])c([O-])c3[131I])c2c(Cl)c(Cl)c(Cl)c(Cl)c21.[Na+].[Na+]. The molecule has 5 rings (SSSR count). The Bertz CT molecular complexity index is 1410. The van der Waals surface area contributed by atoms with Crippen LogP contribution in [0.3, 0.4) is 0 Å². The number of fused-ring (bicyclic) bond motifs is 6. The van der Waals surface area contributed by atoms with Crippen LogP contribution in [0.2, 0.25) is 20.1 Å². The van der Waals surface area contributed by atoms with Gasteiger partial charge in [-0.15, -0.1) is 0 Å². The number of benzene rings is 3. The third-order valence-corrected chi connectivity index (χ3v) is 10.7. The summed E-state index contributed by atoms with van der Waals surface area (Å²) in [5.41, 5.74) is -0.822. The van der Waals surface area contributed by atoms with Crippen LogP contribution in [0.25, 0.3) is 0 Å². The average molecular weight is 1030 g/mol. The summed E-state index contributed by atoms with van der Waals surface area (Å²) < 4.78 is 13.4. The third kappa shape index (κ3) is 4.60. The third-order valence-electron chi connectivity index (χ3n) is 5.29. The first kappa shape index (κ1) is 32.1.